The first kappa shape index (κ1) is 17.3. The van der Waals surface area contributed by atoms with Crippen LogP contribution in [0.1, 0.15) is 19.3 Å². The van der Waals surface area contributed by atoms with Gasteiger partial charge < -0.3 is 33.2 Å². The fourth-order valence-corrected chi connectivity index (χ4v) is 1.95. The summed E-state index contributed by atoms with van der Waals surface area (Å²) >= 11 is 3.33. The average molecular weight is 339 g/mol. The molecule has 0 saturated carbocycles. The van der Waals surface area contributed by atoms with E-state index < -0.39 is 24.3 Å². The van der Waals surface area contributed by atoms with Gasteiger partial charge in [0.2, 0.25) is 0 Å². The monoisotopic (exact) mass is 338 g/mol. The van der Waals surface area contributed by atoms with Crippen molar-refractivity contribution < 1.29 is 14.4 Å². The first-order chi connectivity index (χ1) is 8.82. The summed E-state index contributed by atoms with van der Waals surface area (Å²) in [6.45, 7) is 0.465. The third kappa shape index (κ3) is 9.94. The Morgan fingerprint density at radius 1 is 0.947 bits per heavy atom. The summed E-state index contributed by atoms with van der Waals surface area (Å²) in [5.74, 6) is 0. The van der Waals surface area contributed by atoms with E-state index in [4.69, 9.17) is 17.2 Å². The Labute approximate surface area is 119 Å². The van der Waals surface area contributed by atoms with Gasteiger partial charge in [-0.1, -0.05) is 22.4 Å². The summed E-state index contributed by atoms with van der Waals surface area (Å²) < 4.78 is 0. The normalized spacial score (nSPS) is 11.7. The zero-order valence-electron chi connectivity index (χ0n) is 10.3. The molecule has 19 heavy (non-hydrogen) atoms. The van der Waals surface area contributed by atoms with Crippen molar-refractivity contribution in [3.05, 3.63) is 0 Å². The molecule has 1 atom stereocenters. The molecule has 0 aromatic heterocycles. The van der Waals surface area contributed by atoms with Gasteiger partial charge in [0, 0.05) is 6.54 Å². The van der Waals surface area contributed by atoms with Gasteiger partial charge >= 0.3 is 18.1 Å². The van der Waals surface area contributed by atoms with E-state index in [1.807, 2.05) is 0 Å². The van der Waals surface area contributed by atoms with Gasteiger partial charge in [0.15, 0.2) is 0 Å². The molecule has 0 aliphatic heterocycles. The van der Waals surface area contributed by atoms with E-state index in [1.54, 1.807) is 0 Å². The molecular weight excluding hydrogens is 320 g/mol. The average Bonchev–Trinajstić information content (AvgIpc) is 2.25. The van der Waals surface area contributed by atoms with Gasteiger partial charge in [0.05, 0.1) is 4.83 Å². The van der Waals surface area contributed by atoms with Crippen LogP contribution in [0.15, 0.2) is 0 Å². The number of hydrogen-bond donors (Lipinski definition) is 6. The molecule has 0 saturated heterocycles. The largest absolute Gasteiger partial charge is 0.352 e. The molecule has 0 rings (SSSR count). The van der Waals surface area contributed by atoms with Crippen molar-refractivity contribution in [2.45, 2.75) is 30.3 Å². The van der Waals surface area contributed by atoms with Crippen molar-refractivity contribution in [3.63, 3.8) is 0 Å². The molecule has 0 aromatic carbocycles. The summed E-state index contributed by atoms with van der Waals surface area (Å²) in [7, 11) is 0. The third-order valence-electron chi connectivity index (χ3n) is 2.16. The van der Waals surface area contributed by atoms with Crippen LogP contribution in [0.2, 0.25) is 0 Å². The summed E-state index contributed by atoms with van der Waals surface area (Å²) in [5, 5.41) is 7.18. The van der Waals surface area contributed by atoms with E-state index in [9.17, 15) is 14.4 Å². The molecule has 0 aromatic rings. The number of amides is 6. The van der Waals surface area contributed by atoms with Crippen molar-refractivity contribution in [1.29, 1.82) is 0 Å². The van der Waals surface area contributed by atoms with Gasteiger partial charge in [-0.3, -0.25) is 0 Å². The van der Waals surface area contributed by atoms with E-state index in [0.717, 1.165) is 6.42 Å². The Balaban J connectivity index is 4.02. The summed E-state index contributed by atoms with van der Waals surface area (Å²) in [5.41, 5.74) is 14.9. The second kappa shape index (κ2) is 9.25. The predicted octanol–water partition coefficient (Wildman–Crippen LogP) is -0.749. The lowest BCUT2D eigenvalue weighted by atomic mass is 10.1. The minimum atomic E-state index is -0.765. The van der Waals surface area contributed by atoms with Crippen LogP contribution in [-0.4, -0.2) is 35.6 Å². The maximum atomic E-state index is 10.8. The summed E-state index contributed by atoms with van der Waals surface area (Å²) in [6, 6.07) is -2.10. The molecule has 0 heterocycles. The molecular formula is C9H19BrN6O3. The van der Waals surface area contributed by atoms with E-state index in [1.165, 1.54) is 0 Å². The van der Waals surface area contributed by atoms with Crippen molar-refractivity contribution in [3.8, 4) is 0 Å². The van der Waals surface area contributed by atoms with E-state index >= 15 is 0 Å². The number of nitrogens with two attached hydrogens (primary N) is 3. The Morgan fingerprint density at radius 2 is 1.47 bits per heavy atom. The zero-order chi connectivity index (χ0) is 14.8. The topological polar surface area (TPSA) is 165 Å². The lowest BCUT2D eigenvalue weighted by Gasteiger charge is -2.23. The second-order valence-corrected chi connectivity index (χ2v) is 4.97. The van der Waals surface area contributed by atoms with Crippen molar-refractivity contribution in [2.75, 3.05) is 6.54 Å². The van der Waals surface area contributed by atoms with Crippen LogP contribution >= 0.6 is 15.9 Å². The summed E-state index contributed by atoms with van der Waals surface area (Å²) in [6.07, 6.45) is 1.39. The smallest absolute Gasteiger partial charge is 0.313 e. The minimum absolute atomic E-state index is 0.235. The highest BCUT2D eigenvalue weighted by atomic mass is 79.9. The van der Waals surface area contributed by atoms with Crippen LogP contribution in [0.4, 0.5) is 14.4 Å². The molecule has 1 unspecified atom stereocenters. The minimum Gasteiger partial charge on any atom is -0.352 e. The second-order valence-electron chi connectivity index (χ2n) is 3.80. The molecule has 9 nitrogen and oxygen atoms in total. The van der Waals surface area contributed by atoms with Gasteiger partial charge in [0.1, 0.15) is 6.17 Å². The fourth-order valence-electron chi connectivity index (χ4n) is 1.37. The number of rotatable bonds is 8. The quantitative estimate of drug-likeness (QED) is 0.195. The number of hydrogen-bond acceptors (Lipinski definition) is 3. The summed E-state index contributed by atoms with van der Waals surface area (Å²) in [4.78, 5) is 31.8. The Kier molecular flexibility index (Phi) is 8.42. The molecule has 0 aliphatic carbocycles. The van der Waals surface area contributed by atoms with Crippen molar-refractivity contribution in [2.24, 2.45) is 17.2 Å². The van der Waals surface area contributed by atoms with Crippen LogP contribution in [0.5, 0.6) is 0 Å². The van der Waals surface area contributed by atoms with E-state index in [-0.39, 0.29) is 4.83 Å². The van der Waals surface area contributed by atoms with Gasteiger partial charge in [-0.25, -0.2) is 14.4 Å². The molecule has 0 bridgehead atoms. The molecule has 0 radical (unpaired) electrons. The third-order valence-corrected chi connectivity index (χ3v) is 3.15. The number of urea groups is 3. The highest BCUT2D eigenvalue weighted by Crippen LogP contribution is 2.12. The van der Waals surface area contributed by atoms with Gasteiger partial charge in [-0.15, -0.1) is 0 Å². The molecule has 0 spiro atoms. The van der Waals surface area contributed by atoms with E-state index in [2.05, 4.69) is 31.9 Å². The number of primary amides is 3. The first-order valence-electron chi connectivity index (χ1n) is 5.62. The highest BCUT2D eigenvalue weighted by molar-refractivity contribution is 9.09. The number of carbonyl (C=O) groups is 3. The standard InChI is InChI=1S/C9H19BrN6O3/c10-5(3-1-2-4-14-7(11)17)6(15-8(12)18)16-9(13)19/h5-6H,1-4H2,(H3,11,14,17)(H3,12,15,18)(H3,13,16,19). The number of alkyl halides is 1. The Bertz CT molecular complexity index is 311. The molecule has 0 fully saturated rings. The zero-order valence-corrected chi connectivity index (χ0v) is 11.9. The molecule has 10 heteroatoms. The van der Waals surface area contributed by atoms with Gasteiger partial charge in [-0.05, 0) is 12.8 Å². The number of halogens is 1. The molecule has 6 amide bonds. The lowest BCUT2D eigenvalue weighted by Crippen LogP contribution is -2.55. The molecule has 110 valence electrons. The Morgan fingerprint density at radius 3 is 1.89 bits per heavy atom. The van der Waals surface area contributed by atoms with Gasteiger partial charge in [0.25, 0.3) is 0 Å². The van der Waals surface area contributed by atoms with Crippen LogP contribution in [0.3, 0.4) is 0 Å². The molecule has 9 N–H and O–H groups in total. The van der Waals surface area contributed by atoms with Crippen LogP contribution < -0.4 is 33.2 Å². The Hall–Kier alpha value is -1.71. The van der Waals surface area contributed by atoms with Crippen molar-refractivity contribution >= 4 is 34.0 Å². The van der Waals surface area contributed by atoms with Crippen molar-refractivity contribution in [1.82, 2.24) is 16.0 Å². The van der Waals surface area contributed by atoms with Crippen LogP contribution in [0.25, 0.3) is 0 Å². The maximum absolute atomic E-state index is 10.8. The number of carbonyl (C=O) groups excluding carboxylic acids is 3. The SMILES string of the molecule is NC(=O)NCCCCC(Br)C(NC(N)=O)NC(N)=O. The molecule has 0 aliphatic rings. The predicted molar refractivity (Wildman–Crippen MR) is 73.4 cm³/mol. The fraction of sp³-hybridized carbons (Fsp3) is 0.667. The highest BCUT2D eigenvalue weighted by Gasteiger charge is 2.20. The maximum Gasteiger partial charge on any atom is 0.313 e. The first-order valence-corrected chi connectivity index (χ1v) is 6.53. The number of nitrogens with one attached hydrogen (secondary N) is 3. The van der Waals surface area contributed by atoms with Crippen LogP contribution in [0, 0.1) is 0 Å². The van der Waals surface area contributed by atoms with Crippen LogP contribution in [-0.2, 0) is 0 Å². The van der Waals surface area contributed by atoms with Gasteiger partial charge in [-0.2, -0.15) is 0 Å². The lowest BCUT2D eigenvalue weighted by molar-refractivity contribution is 0.233. The van der Waals surface area contributed by atoms with E-state index in [0.29, 0.717) is 19.4 Å². The number of unbranched alkanes of at least 4 members (excludes halogenated alkanes) is 1.